The molecule has 20 heavy (non-hydrogen) atoms. The Bertz CT molecular complexity index is 567. The van der Waals surface area contributed by atoms with Gasteiger partial charge in [0.2, 0.25) is 0 Å². The van der Waals surface area contributed by atoms with Crippen LogP contribution in [0.5, 0.6) is 11.5 Å². The van der Waals surface area contributed by atoms with Crippen molar-refractivity contribution in [2.24, 2.45) is 0 Å². The van der Waals surface area contributed by atoms with E-state index in [1.165, 1.54) is 5.56 Å². The average molecular weight is 271 g/mol. The van der Waals surface area contributed by atoms with Gasteiger partial charge < -0.3 is 14.8 Å². The molecule has 0 atom stereocenters. The van der Waals surface area contributed by atoms with E-state index < -0.39 is 0 Å². The number of benzene rings is 2. The summed E-state index contributed by atoms with van der Waals surface area (Å²) in [4.78, 5) is 0. The van der Waals surface area contributed by atoms with Crippen molar-refractivity contribution in [3.8, 4) is 11.5 Å². The molecule has 2 aromatic carbocycles. The molecule has 0 radical (unpaired) electrons. The van der Waals surface area contributed by atoms with Gasteiger partial charge in [0, 0.05) is 17.8 Å². The lowest BCUT2D eigenvalue weighted by molar-refractivity contribution is 0.399. The Labute approximate surface area is 120 Å². The summed E-state index contributed by atoms with van der Waals surface area (Å²) in [6.45, 7) is 2.86. The number of hydrogen-bond acceptors (Lipinski definition) is 3. The molecule has 0 amide bonds. The average Bonchev–Trinajstić information content (AvgIpc) is 2.52. The Morgan fingerprint density at radius 3 is 2.55 bits per heavy atom. The van der Waals surface area contributed by atoms with Crippen molar-refractivity contribution in [2.75, 3.05) is 19.5 Å². The highest BCUT2D eigenvalue weighted by atomic mass is 16.5. The molecule has 0 bridgehead atoms. The molecule has 0 unspecified atom stereocenters. The largest absolute Gasteiger partial charge is 0.497 e. The Morgan fingerprint density at radius 1 is 1.00 bits per heavy atom. The van der Waals surface area contributed by atoms with E-state index in [4.69, 9.17) is 9.47 Å². The van der Waals surface area contributed by atoms with Gasteiger partial charge in [-0.2, -0.15) is 0 Å². The maximum Gasteiger partial charge on any atom is 0.124 e. The quantitative estimate of drug-likeness (QED) is 0.865. The van der Waals surface area contributed by atoms with E-state index in [2.05, 4.69) is 36.5 Å². The molecule has 2 aromatic rings. The van der Waals surface area contributed by atoms with Crippen molar-refractivity contribution in [3.63, 3.8) is 0 Å². The minimum Gasteiger partial charge on any atom is -0.497 e. The lowest BCUT2D eigenvalue weighted by Gasteiger charge is -2.12. The first kappa shape index (κ1) is 14.3. The van der Waals surface area contributed by atoms with E-state index in [-0.39, 0.29) is 0 Å². The molecule has 2 rings (SSSR count). The Balaban J connectivity index is 2.12. The molecular weight excluding hydrogens is 250 g/mol. The van der Waals surface area contributed by atoms with Gasteiger partial charge in [-0.15, -0.1) is 0 Å². The number of aryl methyl sites for hydroxylation is 1. The molecule has 3 nitrogen and oxygen atoms in total. The fraction of sp³-hybridized carbons (Fsp3) is 0.294. The zero-order chi connectivity index (χ0) is 14.4. The van der Waals surface area contributed by atoms with Crippen LogP contribution in [0.4, 0.5) is 5.69 Å². The summed E-state index contributed by atoms with van der Waals surface area (Å²) >= 11 is 0. The van der Waals surface area contributed by atoms with Crippen LogP contribution in [-0.2, 0) is 13.0 Å². The van der Waals surface area contributed by atoms with Crippen LogP contribution in [0, 0.1) is 0 Å². The van der Waals surface area contributed by atoms with E-state index in [1.807, 2.05) is 18.2 Å². The Morgan fingerprint density at radius 2 is 1.85 bits per heavy atom. The zero-order valence-corrected chi connectivity index (χ0v) is 12.3. The third kappa shape index (κ3) is 3.44. The van der Waals surface area contributed by atoms with Gasteiger partial charge >= 0.3 is 0 Å². The van der Waals surface area contributed by atoms with Crippen LogP contribution in [-0.4, -0.2) is 14.2 Å². The number of anilines is 1. The van der Waals surface area contributed by atoms with Crippen molar-refractivity contribution >= 4 is 5.69 Å². The molecule has 1 N–H and O–H groups in total. The fourth-order valence-electron chi connectivity index (χ4n) is 2.12. The number of rotatable bonds is 6. The summed E-state index contributed by atoms with van der Waals surface area (Å²) < 4.78 is 10.6. The third-order valence-corrected chi connectivity index (χ3v) is 3.31. The van der Waals surface area contributed by atoms with Gasteiger partial charge in [0.05, 0.1) is 14.2 Å². The monoisotopic (exact) mass is 271 g/mol. The molecule has 0 saturated heterocycles. The first-order valence-corrected chi connectivity index (χ1v) is 6.80. The van der Waals surface area contributed by atoms with E-state index in [0.717, 1.165) is 29.2 Å². The van der Waals surface area contributed by atoms with Crippen LogP contribution in [0.2, 0.25) is 0 Å². The summed E-state index contributed by atoms with van der Waals surface area (Å²) in [5.74, 6) is 1.70. The van der Waals surface area contributed by atoms with Crippen molar-refractivity contribution in [1.82, 2.24) is 0 Å². The molecule has 3 heteroatoms. The second kappa shape index (κ2) is 6.85. The molecule has 0 aromatic heterocycles. The first-order valence-electron chi connectivity index (χ1n) is 6.80. The Hall–Kier alpha value is -2.16. The van der Waals surface area contributed by atoms with Gasteiger partial charge in [-0.05, 0) is 42.3 Å². The maximum atomic E-state index is 5.38. The van der Waals surface area contributed by atoms with Crippen LogP contribution < -0.4 is 14.8 Å². The van der Waals surface area contributed by atoms with E-state index in [9.17, 15) is 0 Å². The summed E-state index contributed by atoms with van der Waals surface area (Å²) in [6.07, 6.45) is 1.04. The van der Waals surface area contributed by atoms with Crippen LogP contribution in [0.3, 0.4) is 0 Å². The maximum absolute atomic E-state index is 5.38. The highest BCUT2D eigenvalue weighted by Crippen LogP contribution is 2.25. The van der Waals surface area contributed by atoms with E-state index in [0.29, 0.717) is 6.54 Å². The number of nitrogens with one attached hydrogen (secondary N) is 1. The molecule has 0 spiro atoms. The lowest BCUT2D eigenvalue weighted by atomic mass is 10.1. The van der Waals surface area contributed by atoms with Gasteiger partial charge in [-0.1, -0.05) is 19.1 Å². The van der Waals surface area contributed by atoms with E-state index in [1.54, 1.807) is 14.2 Å². The van der Waals surface area contributed by atoms with Gasteiger partial charge in [0.25, 0.3) is 0 Å². The van der Waals surface area contributed by atoms with Crippen LogP contribution in [0.15, 0.2) is 42.5 Å². The Kier molecular flexibility index (Phi) is 4.88. The predicted molar refractivity (Wildman–Crippen MR) is 82.7 cm³/mol. The molecule has 0 heterocycles. The number of hydrogen-bond donors (Lipinski definition) is 1. The van der Waals surface area contributed by atoms with Crippen molar-refractivity contribution in [2.45, 2.75) is 19.9 Å². The SMILES string of the molecule is CCc1cccc(NCc2cc(OC)ccc2OC)c1. The van der Waals surface area contributed by atoms with E-state index >= 15 is 0 Å². The minimum atomic E-state index is 0.702. The molecule has 0 aliphatic carbocycles. The molecule has 0 saturated carbocycles. The molecule has 0 aliphatic heterocycles. The normalized spacial score (nSPS) is 10.2. The summed E-state index contributed by atoms with van der Waals surface area (Å²) in [5.41, 5.74) is 3.52. The fourth-order valence-corrected chi connectivity index (χ4v) is 2.12. The summed E-state index contributed by atoms with van der Waals surface area (Å²) in [7, 11) is 3.35. The first-order chi connectivity index (χ1) is 9.76. The van der Waals surface area contributed by atoms with Gasteiger partial charge in [-0.3, -0.25) is 0 Å². The second-order valence-corrected chi connectivity index (χ2v) is 4.59. The third-order valence-electron chi connectivity index (χ3n) is 3.31. The smallest absolute Gasteiger partial charge is 0.124 e. The molecular formula is C17H21NO2. The highest BCUT2D eigenvalue weighted by molar-refractivity contribution is 5.48. The number of ether oxygens (including phenoxy) is 2. The zero-order valence-electron chi connectivity index (χ0n) is 12.3. The summed E-state index contributed by atoms with van der Waals surface area (Å²) in [6, 6.07) is 14.3. The van der Waals surface area contributed by atoms with Gasteiger partial charge in [0.1, 0.15) is 11.5 Å². The van der Waals surface area contributed by atoms with Crippen molar-refractivity contribution in [3.05, 3.63) is 53.6 Å². The van der Waals surface area contributed by atoms with Crippen molar-refractivity contribution in [1.29, 1.82) is 0 Å². The standard InChI is InChI=1S/C17H21NO2/c1-4-13-6-5-7-15(10-13)18-12-14-11-16(19-2)8-9-17(14)20-3/h5-11,18H,4,12H2,1-3H3. The van der Waals surface area contributed by atoms with Crippen LogP contribution in [0.1, 0.15) is 18.1 Å². The minimum absolute atomic E-state index is 0.702. The second-order valence-electron chi connectivity index (χ2n) is 4.59. The van der Waals surface area contributed by atoms with Crippen LogP contribution in [0.25, 0.3) is 0 Å². The molecule has 0 fully saturated rings. The highest BCUT2D eigenvalue weighted by Gasteiger charge is 2.05. The van der Waals surface area contributed by atoms with Crippen molar-refractivity contribution < 1.29 is 9.47 Å². The van der Waals surface area contributed by atoms with Gasteiger partial charge in [0.15, 0.2) is 0 Å². The molecule has 106 valence electrons. The van der Waals surface area contributed by atoms with Crippen LogP contribution >= 0.6 is 0 Å². The summed E-state index contributed by atoms with van der Waals surface area (Å²) in [5, 5.41) is 3.43. The van der Waals surface area contributed by atoms with Gasteiger partial charge in [-0.25, -0.2) is 0 Å². The lowest BCUT2D eigenvalue weighted by Crippen LogP contribution is -2.02. The predicted octanol–water partition coefficient (Wildman–Crippen LogP) is 3.88. The topological polar surface area (TPSA) is 30.5 Å². The number of methoxy groups -OCH3 is 2. The molecule has 0 aliphatic rings.